The Morgan fingerprint density at radius 1 is 1.04 bits per heavy atom. The molecule has 2 atom stereocenters. The van der Waals surface area contributed by atoms with Crippen molar-refractivity contribution in [3.05, 3.63) is 71.4 Å². The van der Waals surface area contributed by atoms with Gasteiger partial charge in [-0.3, -0.25) is 24.6 Å². The molecule has 3 aromatic rings. The number of hydrogen-bond donors (Lipinski definition) is 4. The molecule has 1 fully saturated rings. The number of alkyl halides is 3. The number of ether oxygens (including phenoxy) is 1. The number of rotatable bonds is 7. The van der Waals surface area contributed by atoms with Gasteiger partial charge in [0.1, 0.15) is 12.4 Å². The van der Waals surface area contributed by atoms with Crippen molar-refractivity contribution < 1.29 is 47.4 Å². The number of carboxylic acid groups (broad SMARTS) is 1. The van der Waals surface area contributed by atoms with Crippen LogP contribution in [0, 0.1) is 18.3 Å². The minimum Gasteiger partial charge on any atom is -0.489 e. The number of likely N-dealkylation sites (tertiary alicyclic amines) is 1. The molecule has 0 spiro atoms. The monoisotopic (exact) mass is 646 g/mol. The highest BCUT2D eigenvalue weighted by Gasteiger charge is 2.38. The second-order valence-electron chi connectivity index (χ2n) is 12.1. The Labute approximate surface area is 263 Å². The van der Waals surface area contributed by atoms with Crippen molar-refractivity contribution >= 4 is 34.6 Å². The molecule has 1 aliphatic rings. The number of carbonyl (C=O) groups excluding carboxylic acids is 3. The first-order chi connectivity index (χ1) is 21.5. The smallest absolute Gasteiger partial charge is 0.489 e. The van der Waals surface area contributed by atoms with E-state index in [-0.39, 0.29) is 23.8 Å². The van der Waals surface area contributed by atoms with Crippen molar-refractivity contribution in [2.24, 2.45) is 11.3 Å². The fourth-order valence-corrected chi connectivity index (χ4v) is 4.92. The number of benzene rings is 2. The fraction of sp³-hybridized carbons (Fsp3) is 0.406. The van der Waals surface area contributed by atoms with Gasteiger partial charge >= 0.3 is 12.1 Å². The number of nitrogens with one attached hydrogen (secondary N) is 2. The Morgan fingerprint density at radius 2 is 1.67 bits per heavy atom. The minimum atomic E-state index is -5.08. The van der Waals surface area contributed by atoms with Crippen LogP contribution in [-0.4, -0.2) is 69.2 Å². The molecule has 14 heteroatoms. The highest BCUT2D eigenvalue weighted by atomic mass is 19.4. The number of halogens is 3. The molecule has 1 aliphatic heterocycles. The maximum atomic E-state index is 13.1. The summed E-state index contributed by atoms with van der Waals surface area (Å²) in [5.41, 5.74) is 4.76. The van der Waals surface area contributed by atoms with E-state index in [0.29, 0.717) is 37.3 Å². The van der Waals surface area contributed by atoms with Crippen LogP contribution in [0.4, 0.5) is 13.2 Å². The summed E-state index contributed by atoms with van der Waals surface area (Å²) in [6, 6.07) is 16.0. The Morgan fingerprint density at radius 3 is 2.26 bits per heavy atom. The Kier molecular flexibility index (Phi) is 11.7. The second-order valence-corrected chi connectivity index (χ2v) is 12.1. The number of hydroxylamine groups is 1. The molecule has 0 bridgehead atoms. The van der Waals surface area contributed by atoms with Gasteiger partial charge in [-0.05, 0) is 55.2 Å². The number of aryl methyl sites for hydroxylation is 1. The number of pyridine rings is 1. The molecular formula is C32H37F3N4O7. The first-order valence-electron chi connectivity index (χ1n) is 14.4. The summed E-state index contributed by atoms with van der Waals surface area (Å²) in [7, 11) is 0. The van der Waals surface area contributed by atoms with Crippen LogP contribution >= 0.6 is 0 Å². The topological polar surface area (TPSA) is 158 Å². The van der Waals surface area contributed by atoms with Gasteiger partial charge < -0.3 is 20.1 Å². The third kappa shape index (κ3) is 10.2. The SMILES string of the molecule is Cc1cc(COc2ccc(C(=O)N[C@@H]3CN(C(=O)CC(C)(C)C)CC[C@@H]3C(=O)NO)cc2)c2ccccc2n1.O=C(O)C(F)(F)F. The van der Waals surface area contributed by atoms with Crippen LogP contribution in [0.5, 0.6) is 5.75 Å². The van der Waals surface area contributed by atoms with E-state index in [1.807, 2.05) is 58.0 Å². The minimum absolute atomic E-state index is 0.0247. The van der Waals surface area contributed by atoms with E-state index in [4.69, 9.17) is 14.6 Å². The summed E-state index contributed by atoms with van der Waals surface area (Å²) in [5.74, 6) is -3.78. The quantitative estimate of drug-likeness (QED) is 0.214. The van der Waals surface area contributed by atoms with Crippen LogP contribution in [0.25, 0.3) is 10.9 Å². The summed E-state index contributed by atoms with van der Waals surface area (Å²) in [5, 5.41) is 20.3. The van der Waals surface area contributed by atoms with Gasteiger partial charge in [0, 0.05) is 41.7 Å². The van der Waals surface area contributed by atoms with E-state index in [9.17, 15) is 32.8 Å². The number of piperidine rings is 1. The average Bonchev–Trinajstić information content (AvgIpc) is 2.98. The van der Waals surface area contributed by atoms with Gasteiger partial charge in [-0.15, -0.1) is 0 Å². The molecule has 0 saturated carbocycles. The number of fused-ring (bicyclic) bond motifs is 1. The van der Waals surface area contributed by atoms with E-state index < -0.39 is 30.0 Å². The normalized spacial score (nSPS) is 16.6. The predicted molar refractivity (Wildman–Crippen MR) is 161 cm³/mol. The number of amides is 3. The zero-order chi connectivity index (χ0) is 34.2. The first kappa shape index (κ1) is 35.8. The van der Waals surface area contributed by atoms with E-state index in [2.05, 4.69) is 10.3 Å². The molecular weight excluding hydrogens is 609 g/mol. The van der Waals surface area contributed by atoms with Crippen LogP contribution in [0.3, 0.4) is 0 Å². The zero-order valence-corrected chi connectivity index (χ0v) is 25.9. The Bertz CT molecular complexity index is 1560. The van der Waals surface area contributed by atoms with Gasteiger partial charge in [-0.1, -0.05) is 39.0 Å². The third-order valence-corrected chi connectivity index (χ3v) is 7.09. The Balaban J connectivity index is 0.000000738. The van der Waals surface area contributed by atoms with E-state index in [0.717, 1.165) is 22.2 Å². The maximum absolute atomic E-state index is 13.1. The lowest BCUT2D eigenvalue weighted by Crippen LogP contribution is -2.57. The molecule has 248 valence electrons. The zero-order valence-electron chi connectivity index (χ0n) is 25.9. The summed E-state index contributed by atoms with van der Waals surface area (Å²) < 4.78 is 37.7. The molecule has 46 heavy (non-hydrogen) atoms. The molecule has 2 aromatic carbocycles. The molecule has 0 aliphatic carbocycles. The number of aromatic nitrogens is 1. The molecule has 0 unspecified atom stereocenters. The molecule has 1 aromatic heterocycles. The molecule has 4 rings (SSSR count). The number of para-hydroxylation sites is 1. The largest absolute Gasteiger partial charge is 0.490 e. The predicted octanol–water partition coefficient (Wildman–Crippen LogP) is 4.64. The lowest BCUT2D eigenvalue weighted by atomic mass is 9.88. The molecule has 0 radical (unpaired) electrons. The number of carboxylic acids is 1. The van der Waals surface area contributed by atoms with Crippen molar-refractivity contribution in [3.8, 4) is 5.75 Å². The molecule has 3 amide bonds. The first-order valence-corrected chi connectivity index (χ1v) is 14.4. The number of nitrogens with zero attached hydrogens (tertiary/aromatic N) is 2. The Hall–Kier alpha value is -4.72. The fourth-order valence-electron chi connectivity index (χ4n) is 4.92. The lowest BCUT2D eigenvalue weighted by molar-refractivity contribution is -0.192. The summed E-state index contributed by atoms with van der Waals surface area (Å²) >= 11 is 0. The van der Waals surface area contributed by atoms with Gasteiger partial charge in [0.15, 0.2) is 0 Å². The van der Waals surface area contributed by atoms with Crippen molar-refractivity contribution in [3.63, 3.8) is 0 Å². The van der Waals surface area contributed by atoms with Gasteiger partial charge in [-0.25, -0.2) is 10.3 Å². The van der Waals surface area contributed by atoms with Gasteiger partial charge in [-0.2, -0.15) is 13.2 Å². The molecule has 4 N–H and O–H groups in total. The highest BCUT2D eigenvalue weighted by Crippen LogP contribution is 2.25. The third-order valence-electron chi connectivity index (χ3n) is 7.09. The van der Waals surface area contributed by atoms with Gasteiger partial charge in [0.25, 0.3) is 5.91 Å². The van der Waals surface area contributed by atoms with Crippen LogP contribution in [0.15, 0.2) is 54.6 Å². The number of carbonyl (C=O) groups is 4. The van der Waals surface area contributed by atoms with Crippen LogP contribution < -0.4 is 15.5 Å². The van der Waals surface area contributed by atoms with E-state index in [1.165, 1.54) is 0 Å². The number of aliphatic carboxylic acids is 1. The van der Waals surface area contributed by atoms with Crippen LogP contribution in [0.2, 0.25) is 0 Å². The highest BCUT2D eigenvalue weighted by molar-refractivity contribution is 5.95. The number of hydrogen-bond acceptors (Lipinski definition) is 7. The van der Waals surface area contributed by atoms with E-state index in [1.54, 1.807) is 34.6 Å². The second kappa shape index (κ2) is 15.0. The standard InChI is InChI=1S/C30H36N4O5.C2HF3O2/c1-19-15-21(23-7-5-6-8-25(23)31-19)18-39-22-11-9-20(10-12-22)28(36)32-26-17-34(27(35)16-30(2,3)4)14-13-24(26)29(37)33-38;3-2(4,5)1(6)7/h5-12,15,24,26,38H,13-14,16-18H2,1-4H3,(H,32,36)(H,33,37);(H,6,7)/t24-,26+;/m0./s1. The van der Waals surface area contributed by atoms with Crippen LogP contribution in [0.1, 0.15) is 55.2 Å². The van der Waals surface area contributed by atoms with Crippen molar-refractivity contribution in [1.29, 1.82) is 0 Å². The van der Waals surface area contributed by atoms with E-state index >= 15 is 0 Å². The maximum Gasteiger partial charge on any atom is 0.490 e. The van der Waals surface area contributed by atoms with Gasteiger partial charge in [0.05, 0.1) is 17.5 Å². The summed E-state index contributed by atoms with van der Waals surface area (Å²) in [4.78, 5) is 53.3. The van der Waals surface area contributed by atoms with Gasteiger partial charge in [0.2, 0.25) is 11.8 Å². The van der Waals surface area contributed by atoms with Crippen LogP contribution in [-0.2, 0) is 21.0 Å². The molecule has 2 heterocycles. The summed E-state index contributed by atoms with van der Waals surface area (Å²) in [6.07, 6.45) is -4.38. The average molecular weight is 647 g/mol. The summed E-state index contributed by atoms with van der Waals surface area (Å²) in [6.45, 7) is 8.85. The lowest BCUT2D eigenvalue weighted by Gasteiger charge is -2.38. The molecule has 11 nitrogen and oxygen atoms in total. The van der Waals surface area contributed by atoms with Crippen molar-refractivity contribution in [2.45, 2.75) is 59.4 Å². The molecule has 1 saturated heterocycles. The van der Waals surface area contributed by atoms with Crippen molar-refractivity contribution in [2.75, 3.05) is 13.1 Å². The van der Waals surface area contributed by atoms with Crippen molar-refractivity contribution in [1.82, 2.24) is 20.7 Å².